The number of halogens is 1. The minimum atomic E-state index is -0.311. The smallest absolute Gasteiger partial charge is 0.161 e. The van der Waals surface area contributed by atoms with E-state index in [2.05, 4.69) is 24.8 Å². The molecule has 1 saturated heterocycles. The van der Waals surface area contributed by atoms with Crippen molar-refractivity contribution in [3.05, 3.63) is 23.3 Å². The molecular weight excluding hydrogens is 345 g/mol. The number of fused-ring (bicyclic) bond motifs is 3. The van der Waals surface area contributed by atoms with Gasteiger partial charge in [0.05, 0.1) is 20.4 Å². The second kappa shape index (κ2) is 9.05. The summed E-state index contributed by atoms with van der Waals surface area (Å²) >= 11 is 0. The number of ether oxygens (including phenoxy) is 2. The molecule has 0 aromatic heterocycles. The van der Waals surface area contributed by atoms with Crippen molar-refractivity contribution >= 4 is 5.78 Å². The number of methoxy groups -OCH3 is 1. The maximum Gasteiger partial charge on any atom is 0.161 e. The molecular formula is C22H32FNO3. The second-order valence-corrected chi connectivity index (χ2v) is 8.20. The van der Waals surface area contributed by atoms with Crippen LogP contribution < -0.4 is 9.47 Å². The third-order valence-electron chi connectivity index (χ3n) is 5.74. The highest BCUT2D eigenvalue weighted by atomic mass is 19.1. The Bertz CT molecular complexity index is 661. The Hall–Kier alpha value is -1.62. The highest BCUT2D eigenvalue weighted by Gasteiger charge is 2.38. The fourth-order valence-corrected chi connectivity index (χ4v) is 4.39. The number of unbranched alkanes of at least 4 members (excludes halogenated alkanes) is 1. The van der Waals surface area contributed by atoms with Crippen LogP contribution in [0, 0.1) is 11.8 Å². The van der Waals surface area contributed by atoms with Crippen molar-refractivity contribution in [2.24, 2.45) is 11.8 Å². The number of hydrogen-bond acceptors (Lipinski definition) is 4. The van der Waals surface area contributed by atoms with Gasteiger partial charge in [0, 0.05) is 31.5 Å². The summed E-state index contributed by atoms with van der Waals surface area (Å²) in [6.07, 6.45) is 3.73. The van der Waals surface area contributed by atoms with E-state index in [-0.39, 0.29) is 18.6 Å². The first-order chi connectivity index (χ1) is 13.0. The minimum absolute atomic E-state index is 0.152. The lowest BCUT2D eigenvalue weighted by molar-refractivity contribution is -0.129. The van der Waals surface area contributed by atoms with Gasteiger partial charge in [-0.15, -0.1) is 0 Å². The number of rotatable bonds is 8. The molecule has 5 heteroatoms. The molecule has 0 radical (unpaired) electrons. The quantitative estimate of drug-likeness (QED) is 0.631. The minimum Gasteiger partial charge on any atom is -0.493 e. The molecule has 0 saturated carbocycles. The van der Waals surface area contributed by atoms with Crippen LogP contribution in [0.1, 0.15) is 56.7 Å². The van der Waals surface area contributed by atoms with Crippen molar-refractivity contribution < 1.29 is 18.7 Å². The second-order valence-electron chi connectivity index (χ2n) is 8.20. The molecule has 2 aliphatic rings. The monoisotopic (exact) mass is 377 g/mol. The summed E-state index contributed by atoms with van der Waals surface area (Å²) < 4.78 is 23.7. The van der Waals surface area contributed by atoms with E-state index in [0.717, 1.165) is 31.7 Å². The number of piperidine rings is 1. The van der Waals surface area contributed by atoms with E-state index >= 15 is 0 Å². The van der Waals surface area contributed by atoms with Crippen molar-refractivity contribution in [2.75, 3.05) is 33.5 Å². The van der Waals surface area contributed by atoms with Gasteiger partial charge in [-0.2, -0.15) is 0 Å². The number of alkyl halides is 1. The van der Waals surface area contributed by atoms with Gasteiger partial charge in [-0.05, 0) is 54.9 Å². The van der Waals surface area contributed by atoms with Crippen LogP contribution in [0.2, 0.25) is 0 Å². The van der Waals surface area contributed by atoms with Crippen LogP contribution in [-0.4, -0.2) is 44.2 Å². The van der Waals surface area contributed by atoms with E-state index in [0.29, 0.717) is 43.3 Å². The number of nitrogens with zero attached hydrogens (tertiary/aromatic N) is 1. The van der Waals surface area contributed by atoms with Gasteiger partial charge < -0.3 is 9.47 Å². The lowest BCUT2D eigenvalue weighted by Crippen LogP contribution is -2.46. The van der Waals surface area contributed by atoms with Crippen molar-refractivity contribution in [3.63, 3.8) is 0 Å². The predicted molar refractivity (Wildman–Crippen MR) is 104 cm³/mol. The molecule has 0 amide bonds. The molecule has 2 aliphatic heterocycles. The zero-order valence-electron chi connectivity index (χ0n) is 16.8. The Morgan fingerprint density at radius 2 is 2.07 bits per heavy atom. The van der Waals surface area contributed by atoms with Gasteiger partial charge in [0.15, 0.2) is 11.5 Å². The summed E-state index contributed by atoms with van der Waals surface area (Å²) in [5.74, 6) is 2.53. The lowest BCUT2D eigenvalue weighted by atomic mass is 9.80. The van der Waals surface area contributed by atoms with Gasteiger partial charge in [-0.1, -0.05) is 13.8 Å². The number of hydrogen-bond donors (Lipinski definition) is 0. The topological polar surface area (TPSA) is 38.8 Å². The molecule has 0 bridgehead atoms. The Morgan fingerprint density at radius 1 is 1.26 bits per heavy atom. The maximum absolute atomic E-state index is 12.7. The first-order valence-corrected chi connectivity index (χ1v) is 10.2. The SMILES string of the molecule is COc1cc2c(cc1OCCCCF)CCN1C[C@@H](CC(C)C)C(=O)CC21. The summed E-state index contributed by atoms with van der Waals surface area (Å²) in [7, 11) is 1.64. The van der Waals surface area contributed by atoms with Crippen LogP contribution >= 0.6 is 0 Å². The van der Waals surface area contributed by atoms with E-state index in [4.69, 9.17) is 9.47 Å². The Balaban J connectivity index is 1.77. The largest absolute Gasteiger partial charge is 0.493 e. The average Bonchev–Trinajstić information content (AvgIpc) is 2.65. The van der Waals surface area contributed by atoms with Gasteiger partial charge >= 0.3 is 0 Å². The number of Topliss-reactive ketones (excluding diaryl/α,β-unsaturated/α-hetero) is 1. The number of benzene rings is 1. The van der Waals surface area contributed by atoms with Crippen molar-refractivity contribution in [1.82, 2.24) is 4.90 Å². The van der Waals surface area contributed by atoms with Crippen molar-refractivity contribution in [2.45, 2.75) is 52.0 Å². The highest BCUT2D eigenvalue weighted by Crippen LogP contribution is 2.42. The third-order valence-corrected chi connectivity index (χ3v) is 5.74. The van der Waals surface area contributed by atoms with Gasteiger partial charge in [-0.3, -0.25) is 14.1 Å². The molecule has 0 spiro atoms. The molecule has 0 N–H and O–H groups in total. The Morgan fingerprint density at radius 3 is 2.78 bits per heavy atom. The van der Waals surface area contributed by atoms with E-state index in [1.807, 2.05) is 6.07 Å². The number of carbonyl (C=O) groups excluding carboxylic acids is 1. The zero-order valence-corrected chi connectivity index (χ0v) is 16.8. The van der Waals surface area contributed by atoms with Gasteiger partial charge in [0.25, 0.3) is 0 Å². The molecule has 4 nitrogen and oxygen atoms in total. The zero-order chi connectivity index (χ0) is 19.4. The van der Waals surface area contributed by atoms with Crippen LogP contribution in [0.25, 0.3) is 0 Å². The van der Waals surface area contributed by atoms with Gasteiger partial charge in [0.1, 0.15) is 5.78 Å². The van der Waals surface area contributed by atoms with Gasteiger partial charge in [-0.25, -0.2) is 0 Å². The summed E-state index contributed by atoms with van der Waals surface area (Å²) in [5.41, 5.74) is 2.44. The summed E-state index contributed by atoms with van der Waals surface area (Å²) in [5, 5.41) is 0. The molecule has 150 valence electrons. The van der Waals surface area contributed by atoms with E-state index in [1.165, 1.54) is 11.1 Å². The molecule has 1 unspecified atom stereocenters. The summed E-state index contributed by atoms with van der Waals surface area (Å²) in [6.45, 7) is 6.39. The van der Waals surface area contributed by atoms with Crippen LogP contribution in [0.4, 0.5) is 4.39 Å². The van der Waals surface area contributed by atoms with E-state index < -0.39 is 0 Å². The molecule has 27 heavy (non-hydrogen) atoms. The predicted octanol–water partition coefficient (Wildman–Crippen LogP) is 4.36. The normalized spacial score (nSPS) is 22.5. The fraction of sp³-hybridized carbons (Fsp3) is 0.682. The number of ketones is 1. The molecule has 2 heterocycles. The average molecular weight is 378 g/mol. The Labute approximate surface area is 162 Å². The van der Waals surface area contributed by atoms with Crippen molar-refractivity contribution in [3.8, 4) is 11.5 Å². The lowest BCUT2D eigenvalue weighted by Gasteiger charge is -2.43. The van der Waals surface area contributed by atoms with E-state index in [9.17, 15) is 9.18 Å². The molecule has 3 rings (SSSR count). The molecule has 1 aromatic carbocycles. The van der Waals surface area contributed by atoms with E-state index in [1.54, 1.807) is 7.11 Å². The summed E-state index contributed by atoms with van der Waals surface area (Å²) in [4.78, 5) is 15.2. The maximum atomic E-state index is 12.7. The molecule has 2 atom stereocenters. The third kappa shape index (κ3) is 4.63. The Kier molecular flexibility index (Phi) is 6.74. The van der Waals surface area contributed by atoms with Crippen LogP contribution in [0.3, 0.4) is 0 Å². The van der Waals surface area contributed by atoms with Crippen LogP contribution in [0.5, 0.6) is 11.5 Å². The fourth-order valence-electron chi connectivity index (χ4n) is 4.39. The summed E-state index contributed by atoms with van der Waals surface area (Å²) in [6, 6.07) is 4.26. The number of carbonyl (C=O) groups is 1. The van der Waals surface area contributed by atoms with Crippen molar-refractivity contribution in [1.29, 1.82) is 0 Å². The first-order valence-electron chi connectivity index (χ1n) is 10.2. The van der Waals surface area contributed by atoms with Crippen LogP contribution in [-0.2, 0) is 11.2 Å². The highest BCUT2D eigenvalue weighted by molar-refractivity contribution is 5.83. The molecule has 1 aromatic rings. The van der Waals surface area contributed by atoms with Gasteiger partial charge in [0.2, 0.25) is 0 Å². The molecule has 1 fully saturated rings. The standard InChI is InChI=1S/C22H32FNO3/c1-15(2)10-17-14-24-8-6-16-11-22(27-9-5-4-7-23)21(26-3)12-18(16)19(24)13-20(17)25/h11-12,15,17,19H,4-10,13-14H2,1-3H3/t17-,19?/m1/s1. The van der Waals surface area contributed by atoms with Crippen LogP contribution in [0.15, 0.2) is 12.1 Å². The first kappa shape index (κ1) is 20.1. The molecule has 0 aliphatic carbocycles.